The molecule has 1 aromatic heterocycles. The van der Waals surface area contributed by atoms with Gasteiger partial charge in [0, 0.05) is 25.6 Å². The van der Waals surface area contributed by atoms with Crippen LogP contribution in [-0.4, -0.2) is 32.1 Å². The summed E-state index contributed by atoms with van der Waals surface area (Å²) in [5.41, 5.74) is 0.782. The topological polar surface area (TPSA) is 89.8 Å². The van der Waals surface area contributed by atoms with Crippen molar-refractivity contribution in [2.24, 2.45) is 0 Å². The predicted octanol–water partition coefficient (Wildman–Crippen LogP) is 3.18. The number of ether oxygens (including phenoxy) is 2. The van der Waals surface area contributed by atoms with E-state index in [9.17, 15) is 9.59 Å². The lowest BCUT2D eigenvalue weighted by atomic mass is 10.2. The van der Waals surface area contributed by atoms with Crippen LogP contribution < -0.4 is 20.1 Å². The summed E-state index contributed by atoms with van der Waals surface area (Å²) in [6.45, 7) is 2.83. The lowest BCUT2D eigenvalue weighted by Gasteiger charge is -2.13. The number of methoxy groups -OCH3 is 1. The maximum atomic E-state index is 12.0. The van der Waals surface area contributed by atoms with Gasteiger partial charge in [0.25, 0.3) is 0 Å². The molecular formula is C20H23ClN2O5. The van der Waals surface area contributed by atoms with Gasteiger partial charge in [-0.25, -0.2) is 0 Å². The molecule has 7 nitrogen and oxygen atoms in total. The molecule has 0 unspecified atom stereocenters. The Hall–Kier alpha value is -2.93. The molecule has 0 atom stereocenters. The van der Waals surface area contributed by atoms with Gasteiger partial charge >= 0.3 is 0 Å². The van der Waals surface area contributed by atoms with Gasteiger partial charge < -0.3 is 24.5 Å². The molecule has 2 N–H and O–H groups in total. The Morgan fingerprint density at radius 2 is 2.11 bits per heavy atom. The molecule has 8 heteroatoms. The highest BCUT2D eigenvalue weighted by atomic mass is 35.5. The molecule has 0 aliphatic carbocycles. The fourth-order valence-electron chi connectivity index (χ4n) is 2.35. The predicted molar refractivity (Wildman–Crippen MR) is 106 cm³/mol. The van der Waals surface area contributed by atoms with Crippen LogP contribution in [0.1, 0.15) is 24.7 Å². The van der Waals surface area contributed by atoms with Gasteiger partial charge in [0.05, 0.1) is 25.0 Å². The molecule has 2 aromatic rings. The monoisotopic (exact) mass is 406 g/mol. The summed E-state index contributed by atoms with van der Waals surface area (Å²) in [7, 11) is 1.53. The number of halogens is 1. The minimum Gasteiger partial charge on any atom is -0.493 e. The van der Waals surface area contributed by atoms with E-state index < -0.39 is 0 Å². The number of amides is 2. The third kappa shape index (κ3) is 6.66. The Morgan fingerprint density at radius 3 is 2.79 bits per heavy atom. The Kier molecular flexibility index (Phi) is 8.42. The first-order chi connectivity index (χ1) is 13.5. The highest BCUT2D eigenvalue weighted by Crippen LogP contribution is 2.36. The standard InChI is InChI=1S/C20H23ClN2O5/c1-3-27-20-16(21)11-14(12-17(20)26-2)13-23-19(25)8-9-22-18(24)7-6-15-5-4-10-28-15/h4-7,10-12H,3,8-9,13H2,1-2H3,(H,22,24)(H,23,25)/b7-6+. The van der Waals surface area contributed by atoms with Crippen molar-refractivity contribution in [2.75, 3.05) is 20.3 Å². The van der Waals surface area contributed by atoms with Gasteiger partial charge in [-0.3, -0.25) is 9.59 Å². The Balaban J connectivity index is 1.76. The number of benzene rings is 1. The molecule has 2 amide bonds. The van der Waals surface area contributed by atoms with Crippen molar-refractivity contribution in [1.82, 2.24) is 10.6 Å². The number of furan rings is 1. The van der Waals surface area contributed by atoms with Crippen LogP contribution in [-0.2, 0) is 16.1 Å². The Morgan fingerprint density at radius 1 is 1.29 bits per heavy atom. The SMILES string of the molecule is CCOc1c(Cl)cc(CNC(=O)CCNC(=O)/C=C/c2ccco2)cc1OC. The van der Waals surface area contributed by atoms with Gasteiger partial charge in [-0.1, -0.05) is 11.6 Å². The van der Waals surface area contributed by atoms with Gasteiger partial charge in [-0.05, 0) is 42.8 Å². The summed E-state index contributed by atoms with van der Waals surface area (Å²) in [5.74, 6) is 1.07. The Bertz CT molecular complexity index is 818. The molecule has 0 radical (unpaired) electrons. The van der Waals surface area contributed by atoms with Crippen molar-refractivity contribution in [3.63, 3.8) is 0 Å². The van der Waals surface area contributed by atoms with Crippen LogP contribution in [0, 0.1) is 0 Å². The van der Waals surface area contributed by atoms with E-state index >= 15 is 0 Å². The molecule has 1 aromatic carbocycles. The van der Waals surface area contributed by atoms with Crippen molar-refractivity contribution >= 4 is 29.5 Å². The van der Waals surface area contributed by atoms with Crippen molar-refractivity contribution in [3.8, 4) is 11.5 Å². The summed E-state index contributed by atoms with van der Waals surface area (Å²) in [6.07, 6.45) is 4.58. The van der Waals surface area contributed by atoms with E-state index in [0.29, 0.717) is 28.9 Å². The normalized spacial score (nSPS) is 10.7. The van der Waals surface area contributed by atoms with Gasteiger partial charge in [-0.2, -0.15) is 0 Å². The summed E-state index contributed by atoms with van der Waals surface area (Å²) < 4.78 is 15.8. The first-order valence-electron chi connectivity index (χ1n) is 8.78. The summed E-state index contributed by atoms with van der Waals surface area (Å²) in [4.78, 5) is 23.6. The molecule has 0 aliphatic heterocycles. The maximum absolute atomic E-state index is 12.0. The molecule has 0 saturated heterocycles. The largest absolute Gasteiger partial charge is 0.493 e. The average Bonchev–Trinajstić information content (AvgIpc) is 3.20. The summed E-state index contributed by atoms with van der Waals surface area (Å²) in [5, 5.41) is 5.83. The first kappa shape index (κ1) is 21.4. The molecule has 0 saturated carbocycles. The maximum Gasteiger partial charge on any atom is 0.244 e. The van der Waals surface area contributed by atoms with Gasteiger partial charge in [-0.15, -0.1) is 0 Å². The van der Waals surface area contributed by atoms with E-state index in [4.69, 9.17) is 25.5 Å². The minimum atomic E-state index is -0.299. The zero-order valence-corrected chi connectivity index (χ0v) is 16.5. The molecule has 0 spiro atoms. The molecule has 0 aliphatic rings. The van der Waals surface area contributed by atoms with E-state index in [2.05, 4.69) is 10.6 Å². The highest BCUT2D eigenvalue weighted by molar-refractivity contribution is 6.32. The van der Waals surface area contributed by atoms with E-state index in [1.807, 2.05) is 6.92 Å². The number of carbonyl (C=O) groups is 2. The number of hydrogen-bond donors (Lipinski definition) is 2. The van der Waals surface area contributed by atoms with Gasteiger partial charge in [0.1, 0.15) is 5.76 Å². The molecular weight excluding hydrogens is 384 g/mol. The van der Waals surface area contributed by atoms with Crippen molar-refractivity contribution < 1.29 is 23.5 Å². The van der Waals surface area contributed by atoms with Gasteiger partial charge in [0.2, 0.25) is 11.8 Å². The van der Waals surface area contributed by atoms with Crippen molar-refractivity contribution in [2.45, 2.75) is 19.9 Å². The number of carbonyl (C=O) groups excluding carboxylic acids is 2. The lowest BCUT2D eigenvalue weighted by molar-refractivity contribution is -0.121. The van der Waals surface area contributed by atoms with Crippen LogP contribution in [0.2, 0.25) is 5.02 Å². The quantitative estimate of drug-likeness (QED) is 0.591. The molecule has 2 rings (SSSR count). The second kappa shape index (κ2) is 11.0. The molecule has 0 bridgehead atoms. The smallest absolute Gasteiger partial charge is 0.244 e. The van der Waals surface area contributed by atoms with Crippen molar-refractivity contribution in [1.29, 1.82) is 0 Å². The number of nitrogens with one attached hydrogen (secondary N) is 2. The highest BCUT2D eigenvalue weighted by Gasteiger charge is 2.12. The average molecular weight is 407 g/mol. The third-order valence-corrected chi connectivity index (χ3v) is 3.94. The van der Waals surface area contributed by atoms with Crippen LogP contribution in [0.4, 0.5) is 0 Å². The van der Waals surface area contributed by atoms with E-state index in [0.717, 1.165) is 5.56 Å². The van der Waals surface area contributed by atoms with E-state index in [1.165, 1.54) is 19.4 Å². The molecule has 28 heavy (non-hydrogen) atoms. The third-order valence-electron chi connectivity index (χ3n) is 3.66. The van der Waals surface area contributed by atoms with Crippen molar-refractivity contribution in [3.05, 3.63) is 53.0 Å². The second-order valence-electron chi connectivity index (χ2n) is 5.71. The molecule has 1 heterocycles. The molecule has 0 fully saturated rings. The minimum absolute atomic E-state index is 0.155. The van der Waals surface area contributed by atoms with Crippen LogP contribution >= 0.6 is 11.6 Å². The Labute approximate surface area is 168 Å². The zero-order chi connectivity index (χ0) is 20.4. The fourth-order valence-corrected chi connectivity index (χ4v) is 2.64. The second-order valence-corrected chi connectivity index (χ2v) is 6.12. The van der Waals surface area contributed by atoms with E-state index in [-0.39, 0.29) is 31.3 Å². The van der Waals surface area contributed by atoms with Crippen LogP contribution in [0.3, 0.4) is 0 Å². The van der Waals surface area contributed by atoms with Crippen LogP contribution in [0.5, 0.6) is 11.5 Å². The zero-order valence-electron chi connectivity index (χ0n) is 15.8. The van der Waals surface area contributed by atoms with Gasteiger partial charge in [0.15, 0.2) is 11.5 Å². The first-order valence-corrected chi connectivity index (χ1v) is 9.16. The van der Waals surface area contributed by atoms with Crippen LogP contribution in [0.25, 0.3) is 6.08 Å². The van der Waals surface area contributed by atoms with Crippen LogP contribution in [0.15, 0.2) is 41.0 Å². The van der Waals surface area contributed by atoms with E-state index in [1.54, 1.807) is 30.3 Å². The lowest BCUT2D eigenvalue weighted by Crippen LogP contribution is -2.29. The summed E-state index contributed by atoms with van der Waals surface area (Å²) >= 11 is 6.21. The molecule has 150 valence electrons. The number of hydrogen-bond acceptors (Lipinski definition) is 5. The summed E-state index contributed by atoms with van der Waals surface area (Å²) in [6, 6.07) is 6.95. The number of rotatable bonds is 10. The fraction of sp³-hybridized carbons (Fsp3) is 0.300.